The minimum Gasteiger partial charge on any atom is -0.455 e. The number of sulfone groups is 1. The van der Waals surface area contributed by atoms with Crippen LogP contribution in [0.25, 0.3) is 0 Å². The number of esters is 1. The summed E-state index contributed by atoms with van der Waals surface area (Å²) in [7, 11) is -2.97. The molecule has 0 aliphatic carbocycles. The van der Waals surface area contributed by atoms with Gasteiger partial charge in [0.1, 0.15) is 5.82 Å². The highest BCUT2D eigenvalue weighted by atomic mass is 32.2. The number of halogens is 1. The molecule has 24 heavy (non-hydrogen) atoms. The first kappa shape index (κ1) is 18.7. The molecule has 1 heterocycles. The van der Waals surface area contributed by atoms with E-state index in [1.807, 2.05) is 0 Å². The second-order valence-corrected chi connectivity index (χ2v) is 8.92. The van der Waals surface area contributed by atoms with E-state index in [-0.39, 0.29) is 34.9 Å². The van der Waals surface area contributed by atoms with Crippen LogP contribution in [0.1, 0.15) is 12.0 Å². The molecule has 0 spiro atoms. The van der Waals surface area contributed by atoms with Crippen molar-refractivity contribution in [1.82, 2.24) is 5.32 Å². The normalized spacial score (nSPS) is 19.0. The largest absolute Gasteiger partial charge is 0.455 e. The topological polar surface area (TPSA) is 89.5 Å². The number of carbonyl (C=O) groups excluding carboxylic acids is 2. The van der Waals surface area contributed by atoms with Crippen LogP contribution in [-0.2, 0) is 30.7 Å². The molecule has 1 fully saturated rings. The minimum atomic E-state index is -2.97. The predicted octanol–water partition coefficient (Wildman–Crippen LogP) is 0.905. The van der Waals surface area contributed by atoms with Gasteiger partial charge in [-0.25, -0.2) is 12.8 Å². The summed E-state index contributed by atoms with van der Waals surface area (Å²) in [6.45, 7) is -0.186. The molecule has 1 atom stereocenters. The quantitative estimate of drug-likeness (QED) is 0.713. The number of nitrogens with one attached hydrogen (secondary N) is 1. The van der Waals surface area contributed by atoms with Crippen LogP contribution in [0.4, 0.5) is 4.39 Å². The molecular formula is C15H18FNO5S2. The zero-order chi connectivity index (χ0) is 17.6. The van der Waals surface area contributed by atoms with Gasteiger partial charge in [-0.3, -0.25) is 9.59 Å². The van der Waals surface area contributed by atoms with E-state index in [1.165, 1.54) is 23.9 Å². The lowest BCUT2D eigenvalue weighted by Crippen LogP contribution is -2.28. The van der Waals surface area contributed by atoms with Gasteiger partial charge in [-0.05, 0) is 24.1 Å². The maximum absolute atomic E-state index is 12.7. The molecule has 1 N–H and O–H groups in total. The number of rotatable bonds is 7. The molecule has 1 amide bonds. The smallest absolute Gasteiger partial charge is 0.316 e. The predicted molar refractivity (Wildman–Crippen MR) is 88.7 cm³/mol. The van der Waals surface area contributed by atoms with E-state index < -0.39 is 28.3 Å². The highest BCUT2D eigenvalue weighted by Gasteiger charge is 2.28. The van der Waals surface area contributed by atoms with Gasteiger partial charge >= 0.3 is 5.97 Å². The van der Waals surface area contributed by atoms with Crippen molar-refractivity contribution >= 4 is 33.5 Å². The van der Waals surface area contributed by atoms with E-state index in [9.17, 15) is 22.4 Å². The van der Waals surface area contributed by atoms with Gasteiger partial charge < -0.3 is 10.1 Å². The molecule has 2 rings (SSSR count). The average molecular weight is 375 g/mol. The Hall–Kier alpha value is -1.61. The van der Waals surface area contributed by atoms with Crippen molar-refractivity contribution in [3.05, 3.63) is 35.6 Å². The number of hydrogen-bond acceptors (Lipinski definition) is 6. The number of benzene rings is 1. The molecule has 1 aliphatic rings. The van der Waals surface area contributed by atoms with Crippen molar-refractivity contribution in [2.45, 2.75) is 18.2 Å². The fraction of sp³-hybridized carbons (Fsp3) is 0.467. The molecule has 1 aromatic rings. The third kappa shape index (κ3) is 6.48. The maximum atomic E-state index is 12.7. The summed E-state index contributed by atoms with van der Waals surface area (Å²) in [6.07, 6.45) is 0.540. The van der Waals surface area contributed by atoms with Gasteiger partial charge in [-0.2, -0.15) is 0 Å². The van der Waals surface area contributed by atoms with Crippen LogP contribution in [0.5, 0.6) is 0 Å². The number of hydrogen-bond donors (Lipinski definition) is 1. The van der Waals surface area contributed by atoms with Crippen molar-refractivity contribution in [1.29, 1.82) is 0 Å². The Morgan fingerprint density at radius 1 is 1.29 bits per heavy atom. The summed E-state index contributed by atoms with van der Waals surface area (Å²) < 4.78 is 40.2. The van der Waals surface area contributed by atoms with E-state index >= 15 is 0 Å². The molecule has 0 radical (unpaired) electrons. The molecule has 6 nitrogen and oxygen atoms in total. The van der Waals surface area contributed by atoms with Gasteiger partial charge in [0.15, 0.2) is 16.4 Å². The van der Waals surface area contributed by atoms with Gasteiger partial charge in [-0.1, -0.05) is 12.1 Å². The third-order valence-corrected chi connectivity index (χ3v) is 6.65. The third-order valence-electron chi connectivity index (χ3n) is 3.39. The summed E-state index contributed by atoms with van der Waals surface area (Å²) in [6, 6.07) is 5.69. The minimum absolute atomic E-state index is 0.0193. The summed E-state index contributed by atoms with van der Waals surface area (Å²) >= 11 is 1.24. The molecule has 0 bridgehead atoms. The molecule has 9 heteroatoms. The van der Waals surface area contributed by atoms with Crippen molar-refractivity contribution in [3.63, 3.8) is 0 Å². The van der Waals surface area contributed by atoms with Crippen molar-refractivity contribution in [2.75, 3.05) is 23.9 Å². The zero-order valence-corrected chi connectivity index (χ0v) is 14.5. The lowest BCUT2D eigenvalue weighted by Gasteiger charge is -2.08. The summed E-state index contributed by atoms with van der Waals surface area (Å²) in [5, 5.41) is 2.47. The molecule has 1 saturated heterocycles. The van der Waals surface area contributed by atoms with Gasteiger partial charge in [0.25, 0.3) is 5.91 Å². The summed E-state index contributed by atoms with van der Waals surface area (Å²) in [5.41, 5.74) is 0.731. The van der Waals surface area contributed by atoms with Crippen molar-refractivity contribution < 1.29 is 27.1 Å². The lowest BCUT2D eigenvalue weighted by molar-refractivity contribution is -0.145. The van der Waals surface area contributed by atoms with Crippen LogP contribution >= 0.6 is 11.8 Å². The fourth-order valence-corrected chi connectivity index (χ4v) is 5.56. The van der Waals surface area contributed by atoms with Crippen LogP contribution in [0, 0.1) is 5.82 Å². The van der Waals surface area contributed by atoms with Crippen LogP contribution in [0.3, 0.4) is 0 Å². The summed E-state index contributed by atoms with van der Waals surface area (Å²) in [4.78, 5) is 23.1. The first-order valence-corrected chi connectivity index (χ1v) is 10.2. The molecule has 1 aliphatic heterocycles. The Morgan fingerprint density at radius 2 is 2.00 bits per heavy atom. The Bertz CT molecular complexity index is 690. The van der Waals surface area contributed by atoms with Gasteiger partial charge in [0, 0.05) is 11.8 Å². The lowest BCUT2D eigenvalue weighted by atomic mass is 10.2. The number of carbonyl (C=O) groups is 2. The first-order valence-electron chi connectivity index (χ1n) is 7.33. The maximum Gasteiger partial charge on any atom is 0.316 e. The monoisotopic (exact) mass is 375 g/mol. The van der Waals surface area contributed by atoms with Crippen molar-refractivity contribution in [3.8, 4) is 0 Å². The Labute approximate surface area is 144 Å². The van der Waals surface area contributed by atoms with Crippen LogP contribution in [0.15, 0.2) is 24.3 Å². The zero-order valence-electron chi connectivity index (χ0n) is 12.9. The van der Waals surface area contributed by atoms with E-state index in [1.54, 1.807) is 12.1 Å². The molecule has 1 aromatic carbocycles. The van der Waals surface area contributed by atoms with Gasteiger partial charge in [-0.15, -0.1) is 11.8 Å². The van der Waals surface area contributed by atoms with Crippen LogP contribution in [-0.4, -0.2) is 49.4 Å². The Morgan fingerprint density at radius 3 is 2.62 bits per heavy atom. The number of amides is 1. The van der Waals surface area contributed by atoms with Gasteiger partial charge in [0.2, 0.25) is 0 Å². The molecular weight excluding hydrogens is 357 g/mol. The highest BCUT2D eigenvalue weighted by molar-refractivity contribution is 8.02. The standard InChI is InChI=1S/C15H18FNO5S2/c16-12-3-1-11(2-4-12)7-17-14(18)8-22-15(19)9-23-13-5-6-24(20,21)10-13/h1-4,13H,5-10H2,(H,17,18)/t13-/m1/s1. The first-order chi connectivity index (χ1) is 11.3. The van der Waals surface area contributed by atoms with E-state index in [0.717, 1.165) is 5.56 Å². The van der Waals surface area contributed by atoms with Crippen LogP contribution in [0.2, 0.25) is 0 Å². The van der Waals surface area contributed by atoms with Gasteiger partial charge in [0.05, 0.1) is 17.3 Å². The van der Waals surface area contributed by atoms with E-state index in [2.05, 4.69) is 5.32 Å². The number of ether oxygens (including phenoxy) is 1. The molecule has 132 valence electrons. The van der Waals surface area contributed by atoms with Crippen LogP contribution < -0.4 is 5.32 Å². The molecule has 0 unspecified atom stereocenters. The molecule has 0 aromatic heterocycles. The fourth-order valence-electron chi connectivity index (χ4n) is 2.12. The average Bonchev–Trinajstić information content (AvgIpc) is 2.89. The Balaban J connectivity index is 1.61. The number of thioether (sulfide) groups is 1. The van der Waals surface area contributed by atoms with E-state index in [4.69, 9.17) is 4.74 Å². The second-order valence-electron chi connectivity index (χ2n) is 5.40. The molecule has 0 saturated carbocycles. The summed E-state index contributed by atoms with van der Waals surface area (Å²) in [5.74, 6) is -1.10. The highest BCUT2D eigenvalue weighted by Crippen LogP contribution is 2.24. The SMILES string of the molecule is O=C(COC(=O)CS[C@@H]1CCS(=O)(=O)C1)NCc1ccc(F)cc1. The van der Waals surface area contributed by atoms with E-state index in [0.29, 0.717) is 6.42 Å². The van der Waals surface area contributed by atoms with Crippen molar-refractivity contribution in [2.24, 2.45) is 0 Å². The Kier molecular flexibility index (Phi) is 6.61. The second kappa shape index (κ2) is 8.48.